The highest BCUT2D eigenvalue weighted by Crippen LogP contribution is 2.37. The summed E-state index contributed by atoms with van der Waals surface area (Å²) in [6.07, 6.45) is 0. The summed E-state index contributed by atoms with van der Waals surface area (Å²) in [4.78, 5) is 49.4. The molecule has 0 radical (unpaired) electrons. The van der Waals surface area contributed by atoms with E-state index in [9.17, 15) is 14.4 Å². The lowest BCUT2D eigenvalue weighted by molar-refractivity contribution is -0.114. The maximum Gasteiger partial charge on any atom is 0.271 e. The van der Waals surface area contributed by atoms with Crippen molar-refractivity contribution in [2.24, 2.45) is 4.99 Å². The third-order valence-corrected chi connectivity index (χ3v) is 9.07. The van der Waals surface area contributed by atoms with Gasteiger partial charge in [0.15, 0.2) is 4.80 Å². The Labute approximate surface area is 262 Å². The number of allylic oxidation sites excluding steroid dienone is 1. The van der Waals surface area contributed by atoms with Crippen molar-refractivity contribution in [1.82, 2.24) is 4.57 Å². The lowest BCUT2D eigenvalue weighted by Gasteiger charge is -2.25. The molecule has 0 bridgehead atoms. The standard InChI is InChI=1S/C36H28N4O4S/c1-22-29(33(41)38-25-15-7-4-8-16-25)31(24-14-11-17-26(20-24)44-2)40-35(43)32(45-36(40)37-22)30-27-18-9-10-19-28(27)39(34(30)42)21-23-12-5-3-6-13-23/h3-20,31H,21H2,1-2H3,(H,38,41)/b32-30-/t31-/m0/s1. The van der Waals surface area contributed by atoms with E-state index < -0.39 is 6.04 Å². The molecule has 45 heavy (non-hydrogen) atoms. The van der Waals surface area contributed by atoms with Crippen molar-refractivity contribution >= 4 is 40.1 Å². The second-order valence-corrected chi connectivity index (χ2v) is 11.7. The van der Waals surface area contributed by atoms with E-state index in [0.29, 0.717) is 50.8 Å². The Morgan fingerprint density at radius 2 is 1.62 bits per heavy atom. The number of anilines is 2. The molecule has 7 rings (SSSR count). The number of thiazole rings is 1. The Bertz CT molecular complexity index is 2190. The molecule has 2 aliphatic rings. The molecule has 5 aromatic rings. The van der Waals surface area contributed by atoms with Gasteiger partial charge in [0.2, 0.25) is 0 Å². The molecule has 4 aromatic carbocycles. The number of amides is 2. The Morgan fingerprint density at radius 3 is 2.38 bits per heavy atom. The van der Waals surface area contributed by atoms with Crippen LogP contribution in [0, 0.1) is 0 Å². The van der Waals surface area contributed by atoms with E-state index >= 15 is 0 Å². The van der Waals surface area contributed by atoms with Crippen LogP contribution in [0.25, 0.3) is 5.57 Å². The number of hydrogen-bond acceptors (Lipinski definition) is 6. The fourth-order valence-electron chi connectivity index (χ4n) is 5.93. The van der Waals surface area contributed by atoms with Crippen LogP contribution in [0.4, 0.5) is 11.4 Å². The zero-order chi connectivity index (χ0) is 31.1. The summed E-state index contributed by atoms with van der Waals surface area (Å²) < 4.78 is 7.32. The smallest absolute Gasteiger partial charge is 0.271 e. The minimum absolute atomic E-state index is 0.249. The quantitative estimate of drug-likeness (QED) is 0.298. The number of aromatic nitrogens is 1. The van der Waals surface area contributed by atoms with Crippen LogP contribution in [0.3, 0.4) is 0 Å². The summed E-state index contributed by atoms with van der Waals surface area (Å²) >= 11 is 1.17. The van der Waals surface area contributed by atoms with Gasteiger partial charge in [0.05, 0.1) is 42.2 Å². The molecule has 2 aliphatic heterocycles. The van der Waals surface area contributed by atoms with Crippen molar-refractivity contribution in [2.45, 2.75) is 19.5 Å². The summed E-state index contributed by atoms with van der Waals surface area (Å²) in [5.74, 6) is -0.0306. The lowest BCUT2D eigenvalue weighted by atomic mass is 9.95. The minimum Gasteiger partial charge on any atom is -0.497 e. The molecule has 222 valence electrons. The predicted molar refractivity (Wildman–Crippen MR) is 175 cm³/mol. The fourth-order valence-corrected chi connectivity index (χ4v) is 7.07. The number of hydrogen-bond donors (Lipinski definition) is 1. The molecule has 2 amide bonds. The Hall–Kier alpha value is -5.54. The SMILES string of the molecule is COc1cccc([C@H]2C(C(=O)Nc3ccccc3)=C(C)N=c3s/c(=C4\C(=O)N(Cc5ccccc5)c5ccccc54)c(=O)n32)c1. The van der Waals surface area contributed by atoms with E-state index in [0.717, 1.165) is 11.3 Å². The van der Waals surface area contributed by atoms with Gasteiger partial charge in [-0.2, -0.15) is 0 Å². The average Bonchev–Trinajstić information content (AvgIpc) is 3.53. The van der Waals surface area contributed by atoms with Gasteiger partial charge in [-0.15, -0.1) is 0 Å². The number of methoxy groups -OCH3 is 1. The molecule has 0 saturated carbocycles. The molecular weight excluding hydrogens is 584 g/mol. The van der Waals surface area contributed by atoms with E-state index in [-0.39, 0.29) is 21.9 Å². The number of ether oxygens (including phenoxy) is 1. The first-order valence-electron chi connectivity index (χ1n) is 14.5. The van der Waals surface area contributed by atoms with Crippen LogP contribution in [0.1, 0.15) is 29.7 Å². The topological polar surface area (TPSA) is 93.0 Å². The fraction of sp³-hybridized carbons (Fsp3) is 0.111. The molecule has 1 aromatic heterocycles. The van der Waals surface area contributed by atoms with Gasteiger partial charge in [0.1, 0.15) is 10.3 Å². The monoisotopic (exact) mass is 612 g/mol. The van der Waals surface area contributed by atoms with Crippen molar-refractivity contribution in [3.05, 3.63) is 157 Å². The van der Waals surface area contributed by atoms with E-state index in [1.54, 1.807) is 31.1 Å². The van der Waals surface area contributed by atoms with Gasteiger partial charge in [-0.25, -0.2) is 4.99 Å². The van der Waals surface area contributed by atoms with Crippen molar-refractivity contribution < 1.29 is 14.3 Å². The van der Waals surface area contributed by atoms with Crippen LogP contribution in [-0.4, -0.2) is 23.5 Å². The summed E-state index contributed by atoms with van der Waals surface area (Å²) in [6.45, 7) is 2.14. The molecule has 8 nitrogen and oxygen atoms in total. The molecular formula is C36H28N4O4S. The number of benzene rings is 4. The van der Waals surface area contributed by atoms with E-state index in [1.807, 2.05) is 97.1 Å². The summed E-state index contributed by atoms with van der Waals surface area (Å²) in [6, 6.07) is 32.9. The van der Waals surface area contributed by atoms with Crippen molar-refractivity contribution in [2.75, 3.05) is 17.3 Å². The maximum atomic E-state index is 14.5. The summed E-state index contributed by atoms with van der Waals surface area (Å²) in [5, 5.41) is 2.97. The number of nitrogens with zero attached hydrogens (tertiary/aromatic N) is 3. The first kappa shape index (κ1) is 28.2. The van der Waals surface area contributed by atoms with Gasteiger partial charge in [0.25, 0.3) is 17.4 Å². The Morgan fingerprint density at radius 1 is 0.911 bits per heavy atom. The second kappa shape index (κ2) is 11.5. The third kappa shape index (κ3) is 4.97. The summed E-state index contributed by atoms with van der Waals surface area (Å²) in [5.41, 5.74) is 4.50. The highest BCUT2D eigenvalue weighted by atomic mass is 32.1. The molecule has 0 fully saturated rings. The van der Waals surface area contributed by atoms with Gasteiger partial charge < -0.3 is 15.0 Å². The van der Waals surface area contributed by atoms with Gasteiger partial charge in [-0.05, 0) is 48.4 Å². The Balaban J connectivity index is 1.42. The third-order valence-electron chi connectivity index (χ3n) is 8.02. The van der Waals surface area contributed by atoms with Crippen LogP contribution in [0.5, 0.6) is 5.75 Å². The van der Waals surface area contributed by atoms with Crippen molar-refractivity contribution in [3.8, 4) is 5.75 Å². The van der Waals surface area contributed by atoms with E-state index in [4.69, 9.17) is 9.73 Å². The van der Waals surface area contributed by atoms with Crippen LogP contribution >= 0.6 is 11.3 Å². The highest BCUT2D eigenvalue weighted by molar-refractivity contribution is 7.07. The first-order chi connectivity index (χ1) is 21.9. The van der Waals surface area contributed by atoms with Crippen molar-refractivity contribution in [3.63, 3.8) is 0 Å². The number of rotatable bonds is 6. The van der Waals surface area contributed by atoms with Crippen LogP contribution in [-0.2, 0) is 16.1 Å². The largest absolute Gasteiger partial charge is 0.497 e. The minimum atomic E-state index is -0.804. The van der Waals surface area contributed by atoms with Crippen LogP contribution in [0.2, 0.25) is 0 Å². The molecule has 1 atom stereocenters. The average molecular weight is 613 g/mol. The second-order valence-electron chi connectivity index (χ2n) is 10.8. The first-order valence-corrected chi connectivity index (χ1v) is 15.3. The number of carbonyl (C=O) groups excluding carboxylic acids is 2. The highest BCUT2D eigenvalue weighted by Gasteiger charge is 2.37. The van der Waals surface area contributed by atoms with E-state index in [2.05, 4.69) is 5.32 Å². The zero-order valence-corrected chi connectivity index (χ0v) is 25.4. The van der Waals surface area contributed by atoms with Crippen LogP contribution in [0.15, 0.2) is 130 Å². The number of carbonyl (C=O) groups is 2. The molecule has 9 heteroatoms. The zero-order valence-electron chi connectivity index (χ0n) is 24.6. The van der Waals surface area contributed by atoms with Gasteiger partial charge in [-0.1, -0.05) is 90.2 Å². The normalized spacial score (nSPS) is 16.6. The van der Waals surface area contributed by atoms with Crippen molar-refractivity contribution in [1.29, 1.82) is 0 Å². The van der Waals surface area contributed by atoms with Gasteiger partial charge in [0, 0.05) is 11.3 Å². The maximum absolute atomic E-state index is 14.5. The molecule has 0 unspecified atom stereocenters. The van der Waals surface area contributed by atoms with Gasteiger partial charge in [-0.3, -0.25) is 19.0 Å². The summed E-state index contributed by atoms with van der Waals surface area (Å²) in [7, 11) is 1.57. The molecule has 3 heterocycles. The predicted octanol–water partition coefficient (Wildman–Crippen LogP) is 4.80. The Kier molecular flexibility index (Phi) is 7.23. The van der Waals surface area contributed by atoms with Crippen LogP contribution < -0.4 is 29.8 Å². The number of para-hydroxylation sites is 2. The number of nitrogens with one attached hydrogen (secondary N) is 1. The molecule has 0 aliphatic carbocycles. The molecule has 0 spiro atoms. The lowest BCUT2D eigenvalue weighted by Crippen LogP contribution is -2.41. The van der Waals surface area contributed by atoms with Gasteiger partial charge >= 0.3 is 0 Å². The van der Waals surface area contributed by atoms with E-state index in [1.165, 1.54) is 15.9 Å². The number of fused-ring (bicyclic) bond motifs is 2. The molecule has 0 saturated heterocycles. The molecule has 1 N–H and O–H groups in total.